The molecule has 8 heteroatoms. The molecule has 0 spiro atoms. The molecule has 6 heterocycles. The molecule has 22 aromatic rings. The fourth-order valence-corrected chi connectivity index (χ4v) is 17.4. The minimum atomic E-state index is 0.620. The van der Waals surface area contributed by atoms with E-state index in [9.17, 15) is 0 Å². The lowest BCUT2D eigenvalue weighted by Gasteiger charge is -2.13. The molecule has 0 radical (unpaired) electrons. The third-order valence-corrected chi connectivity index (χ3v) is 21.7. The highest BCUT2D eigenvalue weighted by atomic mass is 32.1. The summed E-state index contributed by atoms with van der Waals surface area (Å²) in [6.07, 6.45) is 0. The Morgan fingerprint density at radius 1 is 0.260 bits per heavy atom. The van der Waals surface area contributed by atoms with Gasteiger partial charge < -0.3 is 4.42 Å². The Kier molecular flexibility index (Phi) is 10.5. The van der Waals surface area contributed by atoms with Gasteiger partial charge >= 0.3 is 0 Å². The van der Waals surface area contributed by atoms with Crippen LogP contribution in [0.15, 0.2) is 296 Å². The zero-order valence-electron chi connectivity index (χ0n) is 51.2. The lowest BCUT2D eigenvalue weighted by Crippen LogP contribution is -2.03. The van der Waals surface area contributed by atoms with E-state index in [0.717, 1.165) is 116 Å². The summed E-state index contributed by atoms with van der Waals surface area (Å²) in [4.78, 5) is 21.9. The quantitative estimate of drug-likeness (QED) is 0.161. The van der Waals surface area contributed by atoms with Crippen LogP contribution in [-0.4, -0.2) is 29.1 Å². The highest BCUT2D eigenvalue weighted by Gasteiger charge is 2.25. The van der Waals surface area contributed by atoms with Crippen LogP contribution in [0.3, 0.4) is 0 Å². The SMILES string of the molecule is c1ccc2c(c1)ccc1ccc3c(ccc4c3c3ccccc3n4-c3nc(-c4ccc5oc6c(-c7cccc8c7ccc7ccc9c(ccc%10c9c9ccccc9n%10-c9nc(-c%10ccc%11sc%12ccccc%12c%11c%10)c%10ccccc%10n9)c78)cccc6c5c4)c4ccccc4n3)c12. The predicted octanol–water partition coefficient (Wildman–Crippen LogP) is 24.0. The maximum absolute atomic E-state index is 7.05. The molecule has 0 aliphatic carbocycles. The second-order valence-corrected chi connectivity index (χ2v) is 26.6. The molecule has 7 nitrogen and oxygen atoms in total. The number of hydrogen-bond acceptors (Lipinski definition) is 6. The number of rotatable bonds is 5. The molecule has 6 aromatic heterocycles. The minimum absolute atomic E-state index is 0.620. The van der Waals surface area contributed by atoms with Crippen LogP contribution in [0.5, 0.6) is 0 Å². The summed E-state index contributed by atoms with van der Waals surface area (Å²) in [6.45, 7) is 0. The molecule has 22 rings (SSSR count). The van der Waals surface area contributed by atoms with Gasteiger partial charge in [-0.1, -0.05) is 218 Å². The normalized spacial score (nSPS) is 12.4. The van der Waals surface area contributed by atoms with E-state index in [1.807, 2.05) is 11.3 Å². The summed E-state index contributed by atoms with van der Waals surface area (Å²) < 4.78 is 14.1. The molecule has 16 aromatic carbocycles. The van der Waals surface area contributed by atoms with Gasteiger partial charge in [-0.2, -0.15) is 0 Å². The van der Waals surface area contributed by atoms with Gasteiger partial charge in [-0.15, -0.1) is 11.3 Å². The number of fused-ring (bicyclic) bond motifs is 26. The van der Waals surface area contributed by atoms with E-state index in [2.05, 4.69) is 300 Å². The van der Waals surface area contributed by atoms with E-state index in [1.54, 1.807) is 0 Å². The Morgan fingerprint density at radius 2 is 0.719 bits per heavy atom. The Morgan fingerprint density at radius 3 is 1.39 bits per heavy atom. The summed E-state index contributed by atoms with van der Waals surface area (Å²) in [6, 6.07) is 106. The van der Waals surface area contributed by atoms with E-state index in [1.165, 1.54) is 90.2 Å². The van der Waals surface area contributed by atoms with E-state index >= 15 is 0 Å². The summed E-state index contributed by atoms with van der Waals surface area (Å²) in [5, 5.41) is 25.7. The number of benzene rings is 16. The molecular formula is C88H48N6OS. The van der Waals surface area contributed by atoms with Gasteiger partial charge in [0.25, 0.3) is 0 Å². The average Bonchev–Trinajstić information content (AvgIpc) is 1.51. The fraction of sp³-hybridized carbons (Fsp3) is 0. The third-order valence-electron chi connectivity index (χ3n) is 20.5. The Hall–Kier alpha value is -12.6. The number of aromatic nitrogens is 6. The molecule has 0 bridgehead atoms. The van der Waals surface area contributed by atoms with E-state index in [4.69, 9.17) is 24.4 Å². The van der Waals surface area contributed by atoms with Gasteiger partial charge in [-0.3, -0.25) is 9.13 Å². The molecule has 0 N–H and O–H groups in total. The third kappa shape index (κ3) is 7.25. The van der Waals surface area contributed by atoms with Crippen LogP contribution in [0.2, 0.25) is 0 Å². The van der Waals surface area contributed by atoms with Gasteiger partial charge in [0.2, 0.25) is 11.9 Å². The molecule has 0 amide bonds. The van der Waals surface area contributed by atoms with Crippen LogP contribution in [-0.2, 0) is 0 Å². The molecule has 0 saturated carbocycles. The van der Waals surface area contributed by atoms with Crippen LogP contribution in [0.1, 0.15) is 0 Å². The van der Waals surface area contributed by atoms with Crippen molar-refractivity contribution in [1.29, 1.82) is 0 Å². The van der Waals surface area contributed by atoms with E-state index in [-0.39, 0.29) is 0 Å². The van der Waals surface area contributed by atoms with Crippen molar-refractivity contribution in [3.05, 3.63) is 291 Å². The van der Waals surface area contributed by atoms with Gasteiger partial charge in [-0.05, 0) is 143 Å². The maximum Gasteiger partial charge on any atom is 0.235 e. The highest BCUT2D eigenvalue weighted by Crippen LogP contribution is 2.47. The largest absolute Gasteiger partial charge is 0.455 e. The molecule has 96 heavy (non-hydrogen) atoms. The standard InChI is InChI=1S/C88H48N6OS/c1-2-16-54-49(15-1)31-32-50-34-39-61-59(80(50)54)41-43-75-82(61)67-20-5-10-28-73(67)93(75)87-89-71-26-8-3-18-65(71)84(91-87)52-36-45-77-69(47-52)64-25-14-24-63(86(64)95-77)55-22-13-23-58-56(55)38-33-51-35-40-62-60(81(51)58)42-44-76-83(62)68-21-6-11-29-74(68)94(76)88-90-72-27-9-4-19-66(72)85(92-88)53-37-46-79-70(48-53)57-17-7-12-30-78(57)96-79/h1-48H. The van der Waals surface area contributed by atoms with Gasteiger partial charge in [0.1, 0.15) is 11.2 Å². The Labute approximate surface area is 550 Å². The summed E-state index contributed by atoms with van der Waals surface area (Å²) in [5.41, 5.74) is 13.6. The van der Waals surface area contributed by atoms with Crippen LogP contribution in [0, 0.1) is 0 Å². The molecular weight excluding hydrogens is 1190 g/mol. The molecule has 0 unspecified atom stereocenters. The van der Waals surface area contributed by atoms with Gasteiger partial charge in [0.15, 0.2) is 0 Å². The van der Waals surface area contributed by atoms with E-state index < -0.39 is 0 Å². The monoisotopic (exact) mass is 1240 g/mol. The van der Waals surface area contributed by atoms with Crippen molar-refractivity contribution in [2.45, 2.75) is 0 Å². The number of furan rings is 1. The summed E-state index contributed by atoms with van der Waals surface area (Å²) in [7, 11) is 0. The maximum atomic E-state index is 7.05. The molecule has 0 saturated heterocycles. The number of para-hydroxylation sites is 5. The summed E-state index contributed by atoms with van der Waals surface area (Å²) in [5.74, 6) is 1.26. The van der Waals surface area contributed by atoms with Crippen LogP contribution in [0.4, 0.5) is 0 Å². The van der Waals surface area contributed by atoms with Crippen LogP contribution in [0.25, 0.3) is 218 Å². The number of thiophene rings is 1. The highest BCUT2D eigenvalue weighted by molar-refractivity contribution is 7.25. The smallest absolute Gasteiger partial charge is 0.235 e. The second-order valence-electron chi connectivity index (χ2n) is 25.5. The van der Waals surface area contributed by atoms with Crippen molar-refractivity contribution in [2.24, 2.45) is 0 Å². The zero-order chi connectivity index (χ0) is 62.4. The first-order valence-corrected chi connectivity index (χ1v) is 33.4. The number of nitrogens with zero attached hydrogens (tertiary/aromatic N) is 6. The minimum Gasteiger partial charge on any atom is -0.455 e. The first kappa shape index (κ1) is 51.9. The molecule has 442 valence electrons. The first-order chi connectivity index (χ1) is 47.6. The molecule has 0 aliphatic heterocycles. The lowest BCUT2D eigenvalue weighted by molar-refractivity contribution is 0.670. The van der Waals surface area contributed by atoms with Gasteiger partial charge in [0.05, 0.1) is 44.5 Å². The average molecular weight is 1240 g/mol. The second kappa shape index (κ2) is 19.5. The van der Waals surface area contributed by atoms with Gasteiger partial charge in [0, 0.05) is 80.0 Å². The van der Waals surface area contributed by atoms with Crippen LogP contribution >= 0.6 is 11.3 Å². The van der Waals surface area contributed by atoms with Gasteiger partial charge in [-0.25, -0.2) is 19.9 Å². The number of hydrogen-bond donors (Lipinski definition) is 0. The first-order valence-electron chi connectivity index (χ1n) is 32.6. The zero-order valence-corrected chi connectivity index (χ0v) is 52.0. The molecule has 0 aliphatic rings. The van der Waals surface area contributed by atoms with Crippen molar-refractivity contribution in [2.75, 3.05) is 0 Å². The van der Waals surface area contributed by atoms with Crippen molar-refractivity contribution >= 4 is 183 Å². The van der Waals surface area contributed by atoms with Crippen molar-refractivity contribution in [3.63, 3.8) is 0 Å². The van der Waals surface area contributed by atoms with E-state index in [0.29, 0.717) is 11.9 Å². The molecule has 0 atom stereocenters. The Bertz CT molecular complexity index is 7230. The van der Waals surface area contributed by atoms with Crippen molar-refractivity contribution in [3.8, 4) is 45.5 Å². The lowest BCUT2D eigenvalue weighted by atomic mass is 9.91. The fourth-order valence-electron chi connectivity index (χ4n) is 16.3. The van der Waals surface area contributed by atoms with Crippen molar-refractivity contribution < 1.29 is 4.42 Å². The summed E-state index contributed by atoms with van der Waals surface area (Å²) >= 11 is 1.83. The Balaban J connectivity index is 0.684. The molecule has 0 fully saturated rings. The van der Waals surface area contributed by atoms with Crippen LogP contribution < -0.4 is 0 Å². The predicted molar refractivity (Wildman–Crippen MR) is 403 cm³/mol. The topological polar surface area (TPSA) is 74.6 Å². The van der Waals surface area contributed by atoms with Crippen molar-refractivity contribution in [1.82, 2.24) is 29.1 Å².